The summed E-state index contributed by atoms with van der Waals surface area (Å²) in [6.07, 6.45) is 8.49. The van der Waals surface area contributed by atoms with Gasteiger partial charge in [0.25, 0.3) is 0 Å². The molecule has 2 aromatic heterocycles. The molecule has 1 aliphatic rings. The van der Waals surface area contributed by atoms with E-state index in [0.29, 0.717) is 19.1 Å². The Hall–Kier alpha value is -2.77. The summed E-state index contributed by atoms with van der Waals surface area (Å²) in [6, 6.07) is 6.33. The lowest BCUT2D eigenvalue weighted by atomic mass is 10.1. The molecule has 3 rings (SSSR count). The second-order valence-corrected chi connectivity index (χ2v) is 7.06. The molecule has 0 saturated carbocycles. The highest BCUT2D eigenvalue weighted by molar-refractivity contribution is 5.74. The van der Waals surface area contributed by atoms with E-state index in [2.05, 4.69) is 26.8 Å². The van der Waals surface area contributed by atoms with Crippen molar-refractivity contribution in [3.8, 4) is 0 Å². The summed E-state index contributed by atoms with van der Waals surface area (Å²) in [5.74, 6) is 0.944. The second kappa shape index (κ2) is 9.25. The Kier molecular flexibility index (Phi) is 6.51. The zero-order chi connectivity index (χ0) is 19.1. The van der Waals surface area contributed by atoms with E-state index in [1.54, 1.807) is 6.20 Å². The van der Waals surface area contributed by atoms with Gasteiger partial charge in [-0.2, -0.15) is 5.10 Å². The van der Waals surface area contributed by atoms with Crippen molar-refractivity contribution in [3.05, 3.63) is 36.8 Å². The van der Waals surface area contributed by atoms with Gasteiger partial charge in [-0.25, -0.2) is 9.78 Å². The van der Waals surface area contributed by atoms with Gasteiger partial charge < -0.3 is 20.4 Å². The molecule has 27 heavy (non-hydrogen) atoms. The molecule has 0 bridgehead atoms. The van der Waals surface area contributed by atoms with Crippen molar-refractivity contribution in [1.82, 2.24) is 25.0 Å². The van der Waals surface area contributed by atoms with Gasteiger partial charge in [-0.05, 0) is 37.5 Å². The van der Waals surface area contributed by atoms with Crippen LogP contribution in [0.4, 0.5) is 16.3 Å². The number of aromatic nitrogens is 3. The SMILES string of the molecule is CN(C)c1ccc(N[C@H]2CCCN(C(=O)NCCn3cccn3)CC2)cn1. The number of anilines is 2. The fraction of sp³-hybridized carbons (Fsp3) is 0.526. The topological polar surface area (TPSA) is 78.3 Å². The standard InChI is InChI=1S/C19H29N7O/c1-24(2)18-7-6-17(15-21-18)23-16-5-3-11-25(13-8-16)19(27)20-10-14-26-12-4-9-22-26/h4,6-7,9,12,15-16,23H,3,5,8,10-11,13-14H2,1-2H3,(H,20,27)/t16-/m0/s1. The molecule has 0 radical (unpaired) electrons. The maximum absolute atomic E-state index is 12.4. The summed E-state index contributed by atoms with van der Waals surface area (Å²) < 4.78 is 1.82. The van der Waals surface area contributed by atoms with E-state index in [-0.39, 0.29) is 6.03 Å². The van der Waals surface area contributed by atoms with Crippen molar-refractivity contribution in [1.29, 1.82) is 0 Å². The van der Waals surface area contributed by atoms with Gasteiger partial charge in [0.15, 0.2) is 0 Å². The third-order valence-corrected chi connectivity index (χ3v) is 4.77. The lowest BCUT2D eigenvalue weighted by molar-refractivity contribution is 0.199. The van der Waals surface area contributed by atoms with Crippen LogP contribution in [0.3, 0.4) is 0 Å². The van der Waals surface area contributed by atoms with Crippen molar-refractivity contribution in [3.63, 3.8) is 0 Å². The van der Waals surface area contributed by atoms with Crippen LogP contribution >= 0.6 is 0 Å². The lowest BCUT2D eigenvalue weighted by Crippen LogP contribution is -2.41. The summed E-state index contributed by atoms with van der Waals surface area (Å²) in [4.78, 5) is 20.7. The first-order valence-electron chi connectivity index (χ1n) is 9.52. The van der Waals surface area contributed by atoms with Crippen molar-refractivity contribution in [2.24, 2.45) is 0 Å². The minimum absolute atomic E-state index is 0.0137. The first-order chi connectivity index (χ1) is 13.1. The zero-order valence-corrected chi connectivity index (χ0v) is 16.1. The monoisotopic (exact) mass is 371 g/mol. The molecule has 0 spiro atoms. The number of hydrogen-bond acceptors (Lipinski definition) is 5. The Labute approximate surface area is 160 Å². The Morgan fingerprint density at radius 3 is 2.89 bits per heavy atom. The van der Waals surface area contributed by atoms with Crippen LogP contribution in [0, 0.1) is 0 Å². The quantitative estimate of drug-likeness (QED) is 0.812. The van der Waals surface area contributed by atoms with Crippen molar-refractivity contribution in [2.75, 3.05) is 43.9 Å². The normalized spacial score (nSPS) is 17.3. The molecule has 1 atom stereocenters. The molecule has 0 aromatic carbocycles. The van der Waals surface area contributed by atoms with E-state index in [1.165, 1.54) is 0 Å². The molecule has 8 nitrogen and oxygen atoms in total. The minimum Gasteiger partial charge on any atom is -0.381 e. The lowest BCUT2D eigenvalue weighted by Gasteiger charge is -2.22. The summed E-state index contributed by atoms with van der Waals surface area (Å²) in [5, 5.41) is 10.7. The average Bonchev–Trinajstić information content (AvgIpc) is 3.07. The fourth-order valence-corrected chi connectivity index (χ4v) is 3.24. The smallest absolute Gasteiger partial charge is 0.317 e. The van der Waals surface area contributed by atoms with Gasteiger partial charge in [0.2, 0.25) is 0 Å². The van der Waals surface area contributed by atoms with Gasteiger partial charge in [-0.3, -0.25) is 4.68 Å². The van der Waals surface area contributed by atoms with Gasteiger partial charge in [0, 0.05) is 52.2 Å². The van der Waals surface area contributed by atoms with E-state index < -0.39 is 0 Å². The molecule has 2 aromatic rings. The van der Waals surface area contributed by atoms with Crippen LogP contribution in [0.25, 0.3) is 0 Å². The molecule has 8 heteroatoms. The van der Waals surface area contributed by atoms with Crippen molar-refractivity contribution in [2.45, 2.75) is 31.8 Å². The Balaban J connectivity index is 1.43. The molecule has 1 fully saturated rings. The van der Waals surface area contributed by atoms with Crippen LogP contribution < -0.4 is 15.5 Å². The highest BCUT2D eigenvalue weighted by atomic mass is 16.2. The first-order valence-corrected chi connectivity index (χ1v) is 9.52. The molecule has 1 saturated heterocycles. The highest BCUT2D eigenvalue weighted by Crippen LogP contribution is 2.18. The summed E-state index contributed by atoms with van der Waals surface area (Å²) >= 11 is 0. The molecular formula is C19H29N7O. The zero-order valence-electron chi connectivity index (χ0n) is 16.1. The number of carbonyl (C=O) groups is 1. The van der Waals surface area contributed by atoms with Crippen LogP contribution in [0.1, 0.15) is 19.3 Å². The molecular weight excluding hydrogens is 342 g/mol. The number of likely N-dealkylation sites (tertiary alicyclic amines) is 1. The van der Waals surface area contributed by atoms with Gasteiger partial charge in [0.05, 0.1) is 18.4 Å². The van der Waals surface area contributed by atoms with Crippen LogP contribution in [0.2, 0.25) is 0 Å². The van der Waals surface area contributed by atoms with Gasteiger partial charge in [-0.15, -0.1) is 0 Å². The third kappa shape index (κ3) is 5.60. The second-order valence-electron chi connectivity index (χ2n) is 7.06. The van der Waals surface area contributed by atoms with Crippen LogP contribution in [0.5, 0.6) is 0 Å². The number of pyridine rings is 1. The number of hydrogen-bond donors (Lipinski definition) is 2. The number of urea groups is 1. The molecule has 2 amide bonds. The maximum atomic E-state index is 12.4. The molecule has 2 N–H and O–H groups in total. The molecule has 0 aliphatic carbocycles. The number of nitrogens with zero attached hydrogens (tertiary/aromatic N) is 5. The first kappa shape index (κ1) is 19.0. The summed E-state index contributed by atoms with van der Waals surface area (Å²) in [7, 11) is 3.96. The fourth-order valence-electron chi connectivity index (χ4n) is 3.24. The number of carbonyl (C=O) groups excluding carboxylic acids is 1. The molecule has 0 unspecified atom stereocenters. The number of rotatable bonds is 6. The van der Waals surface area contributed by atoms with Crippen molar-refractivity contribution >= 4 is 17.5 Å². The van der Waals surface area contributed by atoms with Crippen LogP contribution in [-0.4, -0.2) is 65.5 Å². The predicted octanol–water partition coefficient (Wildman–Crippen LogP) is 2.02. The molecule has 3 heterocycles. The largest absolute Gasteiger partial charge is 0.381 e. The highest BCUT2D eigenvalue weighted by Gasteiger charge is 2.20. The van der Waals surface area contributed by atoms with Crippen LogP contribution in [-0.2, 0) is 6.54 Å². The minimum atomic E-state index is 0.0137. The molecule has 146 valence electrons. The van der Waals surface area contributed by atoms with E-state index in [1.807, 2.05) is 53.1 Å². The summed E-state index contributed by atoms with van der Waals surface area (Å²) in [6.45, 7) is 2.83. The number of amides is 2. The van der Waals surface area contributed by atoms with E-state index >= 15 is 0 Å². The third-order valence-electron chi connectivity index (χ3n) is 4.77. The average molecular weight is 371 g/mol. The predicted molar refractivity (Wildman–Crippen MR) is 107 cm³/mol. The van der Waals surface area contributed by atoms with E-state index in [4.69, 9.17) is 0 Å². The van der Waals surface area contributed by atoms with Crippen LogP contribution in [0.15, 0.2) is 36.8 Å². The Bertz CT molecular complexity index is 699. The summed E-state index contributed by atoms with van der Waals surface area (Å²) in [5.41, 5.74) is 1.03. The Morgan fingerprint density at radius 2 is 2.19 bits per heavy atom. The number of nitrogens with one attached hydrogen (secondary N) is 2. The van der Waals surface area contributed by atoms with E-state index in [9.17, 15) is 4.79 Å². The van der Waals surface area contributed by atoms with E-state index in [0.717, 1.165) is 43.9 Å². The van der Waals surface area contributed by atoms with Gasteiger partial charge in [-0.1, -0.05) is 0 Å². The Morgan fingerprint density at radius 1 is 1.30 bits per heavy atom. The molecule has 1 aliphatic heterocycles. The van der Waals surface area contributed by atoms with Gasteiger partial charge in [0.1, 0.15) is 5.82 Å². The maximum Gasteiger partial charge on any atom is 0.317 e. The van der Waals surface area contributed by atoms with Gasteiger partial charge >= 0.3 is 6.03 Å². The van der Waals surface area contributed by atoms with Crippen molar-refractivity contribution < 1.29 is 4.79 Å².